The lowest BCUT2D eigenvalue weighted by molar-refractivity contribution is -0.151. The van der Waals surface area contributed by atoms with Crippen molar-refractivity contribution in [3.8, 4) is 0 Å². The van der Waals surface area contributed by atoms with Crippen LogP contribution in [0, 0.1) is 0 Å². The molecule has 0 aromatic carbocycles. The van der Waals surface area contributed by atoms with Gasteiger partial charge in [-0.05, 0) is 20.8 Å². The topological polar surface area (TPSA) is 38.8 Å². The highest BCUT2D eigenvalue weighted by molar-refractivity contribution is 5.75. The molecule has 0 spiro atoms. The second-order valence-corrected chi connectivity index (χ2v) is 3.91. The maximum Gasteiger partial charge on any atom is 0.322 e. The molecule has 0 aromatic heterocycles. The monoisotopic (exact) mass is 201 g/mol. The predicted molar refractivity (Wildman–Crippen MR) is 53.1 cm³/mol. The summed E-state index contributed by atoms with van der Waals surface area (Å²) in [6.07, 6.45) is 0.372. The first-order valence-electron chi connectivity index (χ1n) is 5.02. The predicted octanol–water partition coefficient (Wildman–Crippen LogP) is 0.657. The van der Waals surface area contributed by atoms with Crippen molar-refractivity contribution in [2.24, 2.45) is 0 Å². The molecule has 1 fully saturated rings. The Hall–Kier alpha value is -0.610. The van der Waals surface area contributed by atoms with E-state index in [0.29, 0.717) is 0 Å². The lowest BCUT2D eigenvalue weighted by atomic mass is 10.2. The molecule has 3 atom stereocenters. The number of carbonyl (C=O) groups is 1. The van der Waals surface area contributed by atoms with Gasteiger partial charge in [0.2, 0.25) is 0 Å². The maximum absolute atomic E-state index is 11.3. The molecule has 0 aliphatic carbocycles. The van der Waals surface area contributed by atoms with Crippen LogP contribution in [0.1, 0.15) is 20.8 Å². The van der Waals surface area contributed by atoms with Crippen molar-refractivity contribution in [3.05, 3.63) is 0 Å². The van der Waals surface area contributed by atoms with Crippen molar-refractivity contribution in [2.45, 2.75) is 39.0 Å². The molecule has 4 heteroatoms. The molecule has 0 aromatic rings. The molecule has 1 saturated heterocycles. The van der Waals surface area contributed by atoms with Crippen LogP contribution in [0.15, 0.2) is 0 Å². The number of hydrogen-bond acceptors (Lipinski definition) is 4. The number of hydrogen-bond donors (Lipinski definition) is 0. The Morgan fingerprint density at radius 3 is 2.36 bits per heavy atom. The molecule has 1 aliphatic rings. The zero-order valence-electron chi connectivity index (χ0n) is 9.32. The van der Waals surface area contributed by atoms with Gasteiger partial charge in [0.05, 0.1) is 19.3 Å². The normalized spacial score (nSPS) is 31.1. The van der Waals surface area contributed by atoms with Crippen LogP contribution < -0.4 is 0 Å². The first kappa shape index (κ1) is 11.5. The van der Waals surface area contributed by atoms with Crippen LogP contribution >= 0.6 is 0 Å². The van der Waals surface area contributed by atoms with E-state index in [2.05, 4.69) is 4.90 Å². The molecule has 4 nitrogen and oxygen atoms in total. The van der Waals surface area contributed by atoms with Gasteiger partial charge in [-0.3, -0.25) is 9.69 Å². The Labute approximate surface area is 85.2 Å². The number of carbonyl (C=O) groups excluding carboxylic acids is 1. The van der Waals surface area contributed by atoms with Crippen LogP contribution in [-0.4, -0.2) is 49.3 Å². The molecular formula is C10H19NO3. The number of esters is 1. The van der Waals surface area contributed by atoms with Crippen LogP contribution in [-0.2, 0) is 14.3 Å². The molecule has 0 saturated carbocycles. The highest BCUT2D eigenvalue weighted by Crippen LogP contribution is 2.13. The Bertz CT molecular complexity index is 198. The van der Waals surface area contributed by atoms with Gasteiger partial charge in [0.15, 0.2) is 0 Å². The van der Waals surface area contributed by atoms with Gasteiger partial charge in [0.1, 0.15) is 6.04 Å². The summed E-state index contributed by atoms with van der Waals surface area (Å²) in [5.74, 6) is -0.175. The van der Waals surface area contributed by atoms with Crippen molar-refractivity contribution >= 4 is 5.97 Å². The Kier molecular flexibility index (Phi) is 3.89. The summed E-state index contributed by atoms with van der Waals surface area (Å²) in [5.41, 5.74) is 0. The molecular weight excluding hydrogens is 182 g/mol. The molecule has 1 rings (SSSR count). The molecule has 1 aliphatic heterocycles. The van der Waals surface area contributed by atoms with Crippen molar-refractivity contribution < 1.29 is 14.3 Å². The quantitative estimate of drug-likeness (QED) is 0.615. The van der Waals surface area contributed by atoms with Gasteiger partial charge in [0, 0.05) is 13.1 Å². The minimum absolute atomic E-state index is 0.172. The third-order valence-electron chi connectivity index (χ3n) is 2.54. The van der Waals surface area contributed by atoms with Gasteiger partial charge >= 0.3 is 5.97 Å². The first-order chi connectivity index (χ1) is 6.54. The lowest BCUT2D eigenvalue weighted by Gasteiger charge is -2.37. The minimum atomic E-state index is -0.175. The van der Waals surface area contributed by atoms with Crippen molar-refractivity contribution in [1.29, 1.82) is 0 Å². The summed E-state index contributed by atoms with van der Waals surface area (Å²) in [4.78, 5) is 13.4. The van der Waals surface area contributed by atoms with Crippen LogP contribution in [0.5, 0.6) is 0 Å². The van der Waals surface area contributed by atoms with E-state index in [1.54, 1.807) is 0 Å². The fourth-order valence-corrected chi connectivity index (χ4v) is 1.85. The van der Waals surface area contributed by atoms with Gasteiger partial charge in [-0.15, -0.1) is 0 Å². The number of nitrogens with zero attached hydrogens (tertiary/aromatic N) is 1. The van der Waals surface area contributed by atoms with Crippen molar-refractivity contribution in [2.75, 3.05) is 20.2 Å². The van der Waals surface area contributed by atoms with Gasteiger partial charge in [-0.2, -0.15) is 0 Å². The molecule has 0 amide bonds. The largest absolute Gasteiger partial charge is 0.468 e. The smallest absolute Gasteiger partial charge is 0.322 e. The maximum atomic E-state index is 11.3. The zero-order valence-corrected chi connectivity index (χ0v) is 9.32. The van der Waals surface area contributed by atoms with Gasteiger partial charge < -0.3 is 9.47 Å². The molecule has 0 bridgehead atoms. The summed E-state index contributed by atoms with van der Waals surface area (Å²) in [5, 5.41) is 0. The third kappa shape index (κ3) is 2.69. The van der Waals surface area contributed by atoms with E-state index in [-0.39, 0.29) is 24.2 Å². The molecule has 82 valence electrons. The summed E-state index contributed by atoms with van der Waals surface area (Å²) in [6, 6.07) is -0.172. The van der Waals surface area contributed by atoms with Crippen LogP contribution in [0.2, 0.25) is 0 Å². The SMILES string of the molecule is COC(=O)[C@@H](C)N1C[C@H](C)O[C@@H](C)C1. The standard InChI is InChI=1S/C10H19NO3/c1-7-5-11(6-8(2)14-7)9(3)10(12)13-4/h7-9H,5-6H2,1-4H3/t7-,8-,9+/m0/s1. The molecule has 0 radical (unpaired) electrons. The second-order valence-electron chi connectivity index (χ2n) is 3.91. The molecule has 1 heterocycles. The second kappa shape index (κ2) is 4.75. The zero-order chi connectivity index (χ0) is 10.7. The fraction of sp³-hybridized carbons (Fsp3) is 0.900. The van der Waals surface area contributed by atoms with E-state index >= 15 is 0 Å². The first-order valence-corrected chi connectivity index (χ1v) is 5.02. The van der Waals surface area contributed by atoms with E-state index in [1.165, 1.54) is 7.11 Å². The van der Waals surface area contributed by atoms with E-state index in [1.807, 2.05) is 20.8 Å². The van der Waals surface area contributed by atoms with Gasteiger partial charge in [-0.25, -0.2) is 0 Å². The summed E-state index contributed by atoms with van der Waals surface area (Å²) in [6.45, 7) is 7.50. The minimum Gasteiger partial charge on any atom is -0.468 e. The molecule has 0 N–H and O–H groups in total. The van der Waals surface area contributed by atoms with Crippen molar-refractivity contribution in [3.63, 3.8) is 0 Å². The number of methoxy groups -OCH3 is 1. The molecule has 0 unspecified atom stereocenters. The van der Waals surface area contributed by atoms with Crippen LogP contribution in [0.4, 0.5) is 0 Å². The van der Waals surface area contributed by atoms with E-state index in [4.69, 9.17) is 9.47 Å². The third-order valence-corrected chi connectivity index (χ3v) is 2.54. The van der Waals surface area contributed by atoms with E-state index in [9.17, 15) is 4.79 Å². The number of ether oxygens (including phenoxy) is 2. The van der Waals surface area contributed by atoms with Crippen LogP contribution in [0.3, 0.4) is 0 Å². The Morgan fingerprint density at radius 2 is 1.93 bits per heavy atom. The number of morpholine rings is 1. The number of rotatable bonds is 2. The summed E-state index contributed by atoms with van der Waals surface area (Å²) >= 11 is 0. The van der Waals surface area contributed by atoms with E-state index < -0.39 is 0 Å². The van der Waals surface area contributed by atoms with Crippen LogP contribution in [0.25, 0.3) is 0 Å². The highest BCUT2D eigenvalue weighted by Gasteiger charge is 2.29. The summed E-state index contributed by atoms with van der Waals surface area (Å²) in [7, 11) is 1.42. The highest BCUT2D eigenvalue weighted by atomic mass is 16.5. The molecule has 14 heavy (non-hydrogen) atoms. The van der Waals surface area contributed by atoms with Crippen molar-refractivity contribution in [1.82, 2.24) is 4.90 Å². The van der Waals surface area contributed by atoms with Gasteiger partial charge in [-0.1, -0.05) is 0 Å². The Balaban J connectivity index is 2.54. The Morgan fingerprint density at radius 1 is 1.43 bits per heavy atom. The van der Waals surface area contributed by atoms with Gasteiger partial charge in [0.25, 0.3) is 0 Å². The van der Waals surface area contributed by atoms with E-state index in [0.717, 1.165) is 13.1 Å². The lowest BCUT2D eigenvalue weighted by Crippen LogP contribution is -2.51. The average Bonchev–Trinajstić information content (AvgIpc) is 2.14. The summed E-state index contributed by atoms with van der Waals surface area (Å²) < 4.78 is 10.3. The fourth-order valence-electron chi connectivity index (χ4n) is 1.85. The average molecular weight is 201 g/mol.